The summed E-state index contributed by atoms with van der Waals surface area (Å²) >= 11 is 0. The second kappa shape index (κ2) is 7.99. The normalized spacial score (nSPS) is 13.6. The maximum Gasteiger partial charge on any atom is 0.321 e. The van der Waals surface area contributed by atoms with Crippen molar-refractivity contribution < 1.29 is 9.53 Å². The van der Waals surface area contributed by atoms with Crippen LogP contribution in [0.1, 0.15) is 29.8 Å². The first-order valence-electron chi connectivity index (χ1n) is 8.71. The number of nitrogens with zero attached hydrogens (tertiary/aromatic N) is 4. The molecule has 138 valence electrons. The fraction of sp³-hybridized carbons (Fsp3) is 0.444. The number of aryl methyl sites for hydroxylation is 2. The van der Waals surface area contributed by atoms with Crippen molar-refractivity contribution >= 4 is 17.7 Å². The molecule has 2 aromatic rings. The van der Waals surface area contributed by atoms with E-state index in [0.29, 0.717) is 11.8 Å². The second-order valence-corrected chi connectivity index (χ2v) is 6.34. The number of rotatable bonds is 5. The molecule has 1 aliphatic rings. The minimum absolute atomic E-state index is 0.191. The Hall–Kier alpha value is -2.90. The fourth-order valence-corrected chi connectivity index (χ4v) is 2.77. The molecule has 2 N–H and O–H groups in total. The smallest absolute Gasteiger partial charge is 0.321 e. The van der Waals surface area contributed by atoms with E-state index in [0.717, 1.165) is 37.2 Å². The number of amides is 2. The van der Waals surface area contributed by atoms with Crippen LogP contribution in [0, 0.1) is 13.8 Å². The first kappa shape index (κ1) is 17.9. The van der Waals surface area contributed by atoms with Crippen LogP contribution in [0.5, 0.6) is 6.01 Å². The highest BCUT2D eigenvalue weighted by Crippen LogP contribution is 2.18. The van der Waals surface area contributed by atoms with E-state index in [1.807, 2.05) is 32.0 Å². The lowest BCUT2D eigenvalue weighted by Crippen LogP contribution is -2.30. The van der Waals surface area contributed by atoms with Gasteiger partial charge in [-0.3, -0.25) is 0 Å². The van der Waals surface area contributed by atoms with E-state index in [1.165, 1.54) is 12.7 Å². The highest BCUT2D eigenvalue weighted by atomic mass is 16.5. The highest BCUT2D eigenvalue weighted by Gasteiger charge is 2.18. The highest BCUT2D eigenvalue weighted by molar-refractivity contribution is 5.89. The number of carbonyl (C=O) groups is 1. The molecule has 8 nitrogen and oxygen atoms in total. The molecule has 2 amide bonds. The summed E-state index contributed by atoms with van der Waals surface area (Å²) in [6.45, 7) is 6.08. The summed E-state index contributed by atoms with van der Waals surface area (Å²) in [4.78, 5) is 27.2. The number of aromatic nitrogens is 3. The average molecular weight is 356 g/mol. The van der Waals surface area contributed by atoms with Crippen molar-refractivity contribution in [2.24, 2.45) is 0 Å². The molecular weight excluding hydrogens is 332 g/mol. The van der Waals surface area contributed by atoms with Gasteiger partial charge in [0.05, 0.1) is 13.7 Å². The van der Waals surface area contributed by atoms with Crippen LogP contribution in [0.25, 0.3) is 0 Å². The van der Waals surface area contributed by atoms with E-state index >= 15 is 0 Å². The van der Waals surface area contributed by atoms with Crippen LogP contribution in [0.4, 0.5) is 16.4 Å². The van der Waals surface area contributed by atoms with Gasteiger partial charge in [-0.2, -0.15) is 15.0 Å². The molecule has 1 fully saturated rings. The standard InChI is InChI=1S/C18H24N6O2/c1-12-6-7-14(10-13(12)2)20-17(25)19-11-15-21-16(23-18(22-15)26-3)24-8-4-5-9-24/h6-7,10H,4-5,8-9,11H2,1-3H3,(H2,19,20,25). The molecule has 2 heterocycles. The summed E-state index contributed by atoms with van der Waals surface area (Å²) < 4.78 is 5.16. The molecule has 26 heavy (non-hydrogen) atoms. The molecule has 0 saturated carbocycles. The third-order valence-electron chi connectivity index (χ3n) is 4.39. The summed E-state index contributed by atoms with van der Waals surface area (Å²) in [6, 6.07) is 5.74. The van der Waals surface area contributed by atoms with E-state index in [9.17, 15) is 4.79 Å². The molecule has 1 aromatic carbocycles. The van der Waals surface area contributed by atoms with Crippen molar-refractivity contribution in [3.05, 3.63) is 35.2 Å². The Bertz CT molecular complexity index is 789. The molecule has 0 bridgehead atoms. The fourth-order valence-electron chi connectivity index (χ4n) is 2.77. The first-order chi connectivity index (χ1) is 12.5. The molecule has 1 saturated heterocycles. The Kier molecular flexibility index (Phi) is 5.50. The van der Waals surface area contributed by atoms with Crippen LogP contribution in [0.2, 0.25) is 0 Å². The van der Waals surface area contributed by atoms with Crippen molar-refractivity contribution in [1.82, 2.24) is 20.3 Å². The lowest BCUT2D eigenvalue weighted by Gasteiger charge is -2.16. The molecule has 3 rings (SSSR count). The third-order valence-corrected chi connectivity index (χ3v) is 4.39. The Morgan fingerprint density at radius 1 is 1.15 bits per heavy atom. The minimum atomic E-state index is -0.310. The lowest BCUT2D eigenvalue weighted by molar-refractivity contribution is 0.251. The zero-order chi connectivity index (χ0) is 18.5. The number of benzene rings is 1. The summed E-state index contributed by atoms with van der Waals surface area (Å²) in [7, 11) is 1.52. The molecular formula is C18H24N6O2. The number of ether oxygens (including phenoxy) is 1. The number of carbonyl (C=O) groups excluding carboxylic acids is 1. The zero-order valence-corrected chi connectivity index (χ0v) is 15.4. The summed E-state index contributed by atoms with van der Waals surface area (Å²) in [6.07, 6.45) is 2.25. The molecule has 8 heteroatoms. The van der Waals surface area contributed by atoms with Crippen molar-refractivity contribution in [3.63, 3.8) is 0 Å². The van der Waals surface area contributed by atoms with Gasteiger partial charge in [0.1, 0.15) is 0 Å². The number of methoxy groups -OCH3 is 1. The van der Waals surface area contributed by atoms with E-state index in [-0.39, 0.29) is 18.6 Å². The van der Waals surface area contributed by atoms with Crippen LogP contribution >= 0.6 is 0 Å². The van der Waals surface area contributed by atoms with E-state index < -0.39 is 0 Å². The topological polar surface area (TPSA) is 92.3 Å². The van der Waals surface area contributed by atoms with Crippen molar-refractivity contribution in [2.45, 2.75) is 33.2 Å². The summed E-state index contributed by atoms with van der Waals surface area (Å²) in [5, 5.41) is 5.59. The predicted octanol–water partition coefficient (Wildman–Crippen LogP) is 2.42. The van der Waals surface area contributed by atoms with Gasteiger partial charge < -0.3 is 20.3 Å². The van der Waals surface area contributed by atoms with Gasteiger partial charge in [-0.05, 0) is 49.9 Å². The molecule has 0 aliphatic carbocycles. The molecule has 0 radical (unpaired) electrons. The van der Waals surface area contributed by atoms with Gasteiger partial charge in [0.15, 0.2) is 5.82 Å². The number of hydrogen-bond acceptors (Lipinski definition) is 6. The van der Waals surface area contributed by atoms with Gasteiger partial charge in [0.25, 0.3) is 0 Å². The van der Waals surface area contributed by atoms with Crippen molar-refractivity contribution in [3.8, 4) is 6.01 Å². The van der Waals surface area contributed by atoms with Crippen LogP contribution in [-0.2, 0) is 6.54 Å². The maximum absolute atomic E-state index is 12.1. The van der Waals surface area contributed by atoms with Crippen molar-refractivity contribution in [1.29, 1.82) is 0 Å². The van der Waals surface area contributed by atoms with E-state index in [2.05, 4.69) is 30.5 Å². The monoisotopic (exact) mass is 356 g/mol. The number of hydrogen-bond donors (Lipinski definition) is 2. The van der Waals surface area contributed by atoms with Gasteiger partial charge in [-0.1, -0.05) is 6.07 Å². The molecule has 1 aromatic heterocycles. The van der Waals surface area contributed by atoms with Crippen LogP contribution < -0.4 is 20.3 Å². The summed E-state index contributed by atoms with van der Waals surface area (Å²) in [5.74, 6) is 1.06. The largest absolute Gasteiger partial charge is 0.467 e. The van der Waals surface area contributed by atoms with Gasteiger partial charge in [0.2, 0.25) is 5.95 Å². The molecule has 0 atom stereocenters. The number of anilines is 2. The van der Waals surface area contributed by atoms with E-state index in [4.69, 9.17) is 4.74 Å². The van der Waals surface area contributed by atoms with Crippen LogP contribution in [0.3, 0.4) is 0 Å². The lowest BCUT2D eigenvalue weighted by atomic mass is 10.1. The summed E-state index contributed by atoms with van der Waals surface area (Å²) in [5.41, 5.74) is 3.06. The molecule has 1 aliphatic heterocycles. The van der Waals surface area contributed by atoms with Crippen LogP contribution in [-0.4, -0.2) is 41.2 Å². The first-order valence-corrected chi connectivity index (χ1v) is 8.71. The zero-order valence-electron chi connectivity index (χ0n) is 15.4. The average Bonchev–Trinajstić information content (AvgIpc) is 3.17. The minimum Gasteiger partial charge on any atom is -0.467 e. The Morgan fingerprint density at radius 2 is 1.92 bits per heavy atom. The SMILES string of the molecule is COc1nc(CNC(=O)Nc2ccc(C)c(C)c2)nc(N2CCCC2)n1. The van der Waals surface area contributed by atoms with Crippen molar-refractivity contribution in [2.75, 3.05) is 30.4 Å². The van der Waals surface area contributed by atoms with E-state index in [1.54, 1.807) is 0 Å². The number of urea groups is 1. The number of nitrogens with one attached hydrogen (secondary N) is 2. The van der Waals surface area contributed by atoms with Gasteiger partial charge in [0, 0.05) is 18.8 Å². The van der Waals surface area contributed by atoms with Gasteiger partial charge >= 0.3 is 12.0 Å². The van der Waals surface area contributed by atoms with Gasteiger partial charge in [-0.25, -0.2) is 4.79 Å². The maximum atomic E-state index is 12.1. The quantitative estimate of drug-likeness (QED) is 0.855. The molecule has 0 spiro atoms. The van der Waals surface area contributed by atoms with Crippen LogP contribution in [0.15, 0.2) is 18.2 Å². The third kappa shape index (κ3) is 4.38. The Labute approximate surface area is 153 Å². The molecule has 0 unspecified atom stereocenters. The second-order valence-electron chi connectivity index (χ2n) is 6.34. The Morgan fingerprint density at radius 3 is 2.62 bits per heavy atom. The predicted molar refractivity (Wildman–Crippen MR) is 99.6 cm³/mol. The Balaban J connectivity index is 1.63. The van der Waals surface area contributed by atoms with Gasteiger partial charge in [-0.15, -0.1) is 0 Å².